The number of aryl methyl sites for hydroxylation is 1. The standard InChI is InChI=1S/C25H23FN4O3/c1-16-10-12-17(13-11-16)27-23(31)14-21-25(33)30(22-9-5-4-8-20(22)28-21)15-24(32)29-19-7-3-2-6-18(19)26/h2-13,21,28H,14-15H2,1H3,(H,27,31)(H,29,32)/t21-/m1/s1. The van der Waals surface area contributed by atoms with Crippen LogP contribution in [0, 0.1) is 12.7 Å². The second-order valence-electron chi connectivity index (χ2n) is 7.78. The second kappa shape index (κ2) is 9.52. The molecule has 7 nitrogen and oxygen atoms in total. The van der Waals surface area contributed by atoms with Crippen LogP contribution in [0.1, 0.15) is 12.0 Å². The van der Waals surface area contributed by atoms with Crippen molar-refractivity contribution < 1.29 is 18.8 Å². The van der Waals surface area contributed by atoms with E-state index in [-0.39, 0.29) is 24.6 Å². The first-order chi connectivity index (χ1) is 15.9. The summed E-state index contributed by atoms with van der Waals surface area (Å²) in [4.78, 5) is 39.7. The number of halogens is 1. The lowest BCUT2D eigenvalue weighted by Crippen LogP contribution is -2.51. The molecule has 4 rings (SSSR count). The van der Waals surface area contributed by atoms with Gasteiger partial charge in [-0.2, -0.15) is 0 Å². The number of anilines is 4. The van der Waals surface area contributed by atoms with E-state index in [0.29, 0.717) is 17.1 Å². The molecule has 0 aromatic heterocycles. The number of rotatable bonds is 6. The molecule has 33 heavy (non-hydrogen) atoms. The van der Waals surface area contributed by atoms with E-state index < -0.39 is 23.7 Å². The minimum Gasteiger partial charge on any atom is -0.372 e. The van der Waals surface area contributed by atoms with Crippen LogP contribution in [-0.2, 0) is 14.4 Å². The topological polar surface area (TPSA) is 90.5 Å². The zero-order valence-corrected chi connectivity index (χ0v) is 18.0. The molecule has 3 N–H and O–H groups in total. The third-order valence-corrected chi connectivity index (χ3v) is 5.26. The van der Waals surface area contributed by atoms with E-state index in [4.69, 9.17) is 0 Å². The van der Waals surface area contributed by atoms with Gasteiger partial charge in [0.05, 0.1) is 23.5 Å². The Hall–Kier alpha value is -4.20. The molecule has 3 aromatic rings. The van der Waals surface area contributed by atoms with Gasteiger partial charge in [-0.15, -0.1) is 0 Å². The zero-order valence-electron chi connectivity index (χ0n) is 18.0. The van der Waals surface area contributed by atoms with Crippen LogP contribution < -0.4 is 20.9 Å². The predicted molar refractivity (Wildman–Crippen MR) is 126 cm³/mol. The summed E-state index contributed by atoms with van der Waals surface area (Å²) in [7, 11) is 0. The van der Waals surface area contributed by atoms with Gasteiger partial charge in [0.25, 0.3) is 5.91 Å². The summed E-state index contributed by atoms with van der Waals surface area (Å²) in [6.45, 7) is 1.63. The number of nitrogens with one attached hydrogen (secondary N) is 3. The molecule has 0 fully saturated rings. The van der Waals surface area contributed by atoms with E-state index in [1.165, 1.54) is 23.1 Å². The Morgan fingerprint density at radius 2 is 1.64 bits per heavy atom. The van der Waals surface area contributed by atoms with Crippen molar-refractivity contribution in [2.24, 2.45) is 0 Å². The lowest BCUT2D eigenvalue weighted by Gasteiger charge is -2.34. The molecule has 168 valence electrons. The van der Waals surface area contributed by atoms with Crippen LogP contribution in [0.2, 0.25) is 0 Å². The molecule has 3 amide bonds. The highest BCUT2D eigenvalue weighted by atomic mass is 19.1. The minimum absolute atomic E-state index is 0.0346. The van der Waals surface area contributed by atoms with E-state index in [9.17, 15) is 18.8 Å². The van der Waals surface area contributed by atoms with E-state index in [2.05, 4.69) is 16.0 Å². The summed E-state index contributed by atoms with van der Waals surface area (Å²) in [6.07, 6.45) is -0.119. The predicted octanol–water partition coefficient (Wildman–Crippen LogP) is 3.93. The number of carbonyl (C=O) groups excluding carboxylic acids is 3. The number of para-hydroxylation sites is 3. The molecule has 0 unspecified atom stereocenters. The number of nitrogens with zero attached hydrogens (tertiary/aromatic N) is 1. The normalized spacial score (nSPS) is 14.8. The molecule has 3 aromatic carbocycles. The summed E-state index contributed by atoms with van der Waals surface area (Å²) in [5.74, 6) is -1.87. The Balaban J connectivity index is 1.49. The third-order valence-electron chi connectivity index (χ3n) is 5.26. The maximum atomic E-state index is 13.9. The Labute approximate surface area is 190 Å². The Morgan fingerprint density at radius 3 is 2.39 bits per heavy atom. The molecular weight excluding hydrogens is 423 g/mol. The fraction of sp³-hybridized carbons (Fsp3) is 0.160. The van der Waals surface area contributed by atoms with Crippen LogP contribution in [0.4, 0.5) is 27.1 Å². The zero-order chi connectivity index (χ0) is 23.4. The van der Waals surface area contributed by atoms with Crippen molar-refractivity contribution in [2.45, 2.75) is 19.4 Å². The Kier molecular flexibility index (Phi) is 6.35. The number of carbonyl (C=O) groups is 3. The number of benzene rings is 3. The lowest BCUT2D eigenvalue weighted by molar-refractivity contribution is -0.124. The van der Waals surface area contributed by atoms with Gasteiger partial charge < -0.3 is 16.0 Å². The van der Waals surface area contributed by atoms with Crippen molar-refractivity contribution in [2.75, 3.05) is 27.4 Å². The molecule has 0 bridgehead atoms. The van der Waals surface area contributed by atoms with E-state index in [0.717, 1.165) is 5.56 Å². The highest BCUT2D eigenvalue weighted by Gasteiger charge is 2.34. The van der Waals surface area contributed by atoms with Crippen LogP contribution in [0.15, 0.2) is 72.8 Å². The van der Waals surface area contributed by atoms with Gasteiger partial charge in [-0.1, -0.05) is 42.0 Å². The van der Waals surface area contributed by atoms with Gasteiger partial charge in [0.15, 0.2) is 0 Å². The molecule has 0 saturated carbocycles. The van der Waals surface area contributed by atoms with Crippen LogP contribution in [0.25, 0.3) is 0 Å². The van der Waals surface area contributed by atoms with Gasteiger partial charge in [-0.3, -0.25) is 19.3 Å². The van der Waals surface area contributed by atoms with E-state index in [1.807, 2.05) is 19.1 Å². The SMILES string of the molecule is Cc1ccc(NC(=O)C[C@H]2Nc3ccccc3N(CC(=O)Nc3ccccc3F)C2=O)cc1. The molecule has 0 spiro atoms. The van der Waals surface area contributed by atoms with Crippen molar-refractivity contribution in [1.82, 2.24) is 0 Å². The first-order valence-electron chi connectivity index (χ1n) is 10.5. The maximum absolute atomic E-state index is 13.9. The monoisotopic (exact) mass is 446 g/mol. The van der Waals surface area contributed by atoms with Crippen molar-refractivity contribution in [3.8, 4) is 0 Å². The van der Waals surface area contributed by atoms with Crippen LogP contribution in [0.5, 0.6) is 0 Å². The van der Waals surface area contributed by atoms with Gasteiger partial charge in [0.2, 0.25) is 11.8 Å². The van der Waals surface area contributed by atoms with E-state index >= 15 is 0 Å². The molecule has 1 aliphatic rings. The lowest BCUT2D eigenvalue weighted by atomic mass is 10.1. The molecule has 0 aliphatic carbocycles. The smallest absolute Gasteiger partial charge is 0.250 e. The van der Waals surface area contributed by atoms with Crippen LogP contribution in [0.3, 0.4) is 0 Å². The number of hydrogen-bond acceptors (Lipinski definition) is 4. The summed E-state index contributed by atoms with van der Waals surface area (Å²) in [5.41, 5.74) is 2.88. The summed E-state index contributed by atoms with van der Waals surface area (Å²) in [6, 6.07) is 19.3. The fourth-order valence-corrected chi connectivity index (χ4v) is 3.62. The first-order valence-corrected chi connectivity index (χ1v) is 10.5. The van der Waals surface area contributed by atoms with Crippen LogP contribution >= 0.6 is 0 Å². The van der Waals surface area contributed by atoms with Gasteiger partial charge in [0, 0.05) is 5.69 Å². The molecule has 1 atom stereocenters. The maximum Gasteiger partial charge on any atom is 0.250 e. The fourth-order valence-electron chi connectivity index (χ4n) is 3.62. The van der Waals surface area contributed by atoms with Gasteiger partial charge in [0.1, 0.15) is 18.4 Å². The molecular formula is C25H23FN4O3. The molecule has 0 radical (unpaired) electrons. The third kappa shape index (κ3) is 5.17. The molecule has 0 saturated heterocycles. The number of hydrogen-bond donors (Lipinski definition) is 3. The van der Waals surface area contributed by atoms with E-state index in [1.54, 1.807) is 42.5 Å². The van der Waals surface area contributed by atoms with Crippen molar-refractivity contribution in [1.29, 1.82) is 0 Å². The second-order valence-corrected chi connectivity index (χ2v) is 7.78. The van der Waals surface area contributed by atoms with Gasteiger partial charge in [-0.25, -0.2) is 4.39 Å². The summed E-state index contributed by atoms with van der Waals surface area (Å²) < 4.78 is 13.9. The average Bonchev–Trinajstić information content (AvgIpc) is 2.79. The van der Waals surface area contributed by atoms with Crippen molar-refractivity contribution in [3.63, 3.8) is 0 Å². The van der Waals surface area contributed by atoms with Crippen molar-refractivity contribution in [3.05, 3.63) is 84.2 Å². The van der Waals surface area contributed by atoms with Gasteiger partial charge >= 0.3 is 0 Å². The summed E-state index contributed by atoms with van der Waals surface area (Å²) in [5, 5.41) is 8.37. The molecule has 1 heterocycles. The quantitative estimate of drug-likeness (QED) is 0.535. The van der Waals surface area contributed by atoms with Crippen molar-refractivity contribution >= 4 is 40.5 Å². The number of amides is 3. The minimum atomic E-state index is -0.855. The Morgan fingerprint density at radius 1 is 0.939 bits per heavy atom. The Bertz CT molecular complexity index is 1200. The average molecular weight is 446 g/mol. The van der Waals surface area contributed by atoms with Crippen LogP contribution in [-0.4, -0.2) is 30.3 Å². The number of fused-ring (bicyclic) bond motifs is 1. The molecule has 1 aliphatic heterocycles. The first kappa shape index (κ1) is 22.0. The highest BCUT2D eigenvalue weighted by molar-refractivity contribution is 6.11. The molecule has 8 heteroatoms. The largest absolute Gasteiger partial charge is 0.372 e. The van der Waals surface area contributed by atoms with Gasteiger partial charge in [-0.05, 0) is 43.3 Å². The summed E-state index contributed by atoms with van der Waals surface area (Å²) >= 11 is 0. The highest BCUT2D eigenvalue weighted by Crippen LogP contribution is 2.32.